The van der Waals surface area contributed by atoms with Crippen molar-refractivity contribution in [1.29, 1.82) is 0 Å². The Kier molecular flexibility index (Phi) is 4.58. The zero-order chi connectivity index (χ0) is 13.0. The van der Waals surface area contributed by atoms with Crippen LogP contribution >= 0.6 is 0 Å². The highest BCUT2D eigenvalue weighted by molar-refractivity contribution is 5.38. The van der Waals surface area contributed by atoms with Crippen LogP contribution in [0.2, 0.25) is 0 Å². The van der Waals surface area contributed by atoms with Crippen LogP contribution in [-0.2, 0) is 4.74 Å². The molecule has 1 aliphatic rings. The highest BCUT2D eigenvalue weighted by Crippen LogP contribution is 2.26. The predicted molar refractivity (Wildman–Crippen MR) is 71.7 cm³/mol. The van der Waals surface area contributed by atoms with Gasteiger partial charge in [-0.2, -0.15) is 0 Å². The lowest BCUT2D eigenvalue weighted by molar-refractivity contribution is 0.00469. The van der Waals surface area contributed by atoms with Gasteiger partial charge in [0.05, 0.1) is 20.3 Å². The highest BCUT2D eigenvalue weighted by atomic mass is 16.5. The molecule has 0 radical (unpaired) electrons. The van der Waals surface area contributed by atoms with E-state index in [2.05, 4.69) is 42.5 Å². The van der Waals surface area contributed by atoms with Crippen LogP contribution in [0.25, 0.3) is 0 Å². The van der Waals surface area contributed by atoms with Gasteiger partial charge in [0.1, 0.15) is 5.75 Å². The fourth-order valence-corrected chi connectivity index (χ4v) is 2.21. The summed E-state index contributed by atoms with van der Waals surface area (Å²) >= 11 is 0. The molecular formula is C14H22N2O2. The van der Waals surface area contributed by atoms with Gasteiger partial charge in [0.15, 0.2) is 0 Å². The van der Waals surface area contributed by atoms with E-state index in [1.54, 1.807) is 7.11 Å². The minimum Gasteiger partial charge on any atom is -0.496 e. The van der Waals surface area contributed by atoms with Crippen molar-refractivity contribution in [3.8, 4) is 5.75 Å². The zero-order valence-corrected chi connectivity index (χ0v) is 11.4. The number of aryl methyl sites for hydroxylation is 1. The molecule has 4 heteroatoms. The lowest BCUT2D eigenvalue weighted by Crippen LogP contribution is -2.46. The van der Waals surface area contributed by atoms with E-state index in [0.29, 0.717) is 0 Å². The number of morpholine rings is 1. The summed E-state index contributed by atoms with van der Waals surface area (Å²) < 4.78 is 10.8. The molecule has 0 spiro atoms. The molecule has 1 fully saturated rings. The van der Waals surface area contributed by atoms with Gasteiger partial charge in [0.25, 0.3) is 0 Å². The molecule has 0 bridgehead atoms. The van der Waals surface area contributed by atoms with Crippen LogP contribution in [0.1, 0.15) is 24.1 Å². The molecule has 100 valence electrons. The van der Waals surface area contributed by atoms with Gasteiger partial charge >= 0.3 is 0 Å². The SMILES string of the molecule is COc1cc(C)ccc1C(C)NN1CCOCC1. The second-order valence-corrected chi connectivity index (χ2v) is 4.70. The summed E-state index contributed by atoms with van der Waals surface area (Å²) in [5.41, 5.74) is 5.91. The number of nitrogens with one attached hydrogen (secondary N) is 1. The maximum absolute atomic E-state index is 5.45. The average molecular weight is 250 g/mol. The molecule has 18 heavy (non-hydrogen) atoms. The zero-order valence-electron chi connectivity index (χ0n) is 11.4. The third kappa shape index (κ3) is 3.22. The van der Waals surface area contributed by atoms with E-state index in [1.165, 1.54) is 11.1 Å². The molecule has 0 aliphatic carbocycles. The maximum Gasteiger partial charge on any atom is 0.123 e. The van der Waals surface area contributed by atoms with Crippen molar-refractivity contribution in [1.82, 2.24) is 10.4 Å². The van der Waals surface area contributed by atoms with E-state index in [1.807, 2.05) is 0 Å². The van der Waals surface area contributed by atoms with Gasteiger partial charge in [0.2, 0.25) is 0 Å². The molecule has 0 aromatic heterocycles. The average Bonchev–Trinajstić information content (AvgIpc) is 2.39. The summed E-state index contributed by atoms with van der Waals surface area (Å²) in [5, 5.41) is 2.22. The lowest BCUT2D eigenvalue weighted by atomic mass is 10.1. The van der Waals surface area contributed by atoms with Gasteiger partial charge in [-0.25, -0.2) is 10.4 Å². The third-order valence-corrected chi connectivity index (χ3v) is 3.24. The van der Waals surface area contributed by atoms with Crippen molar-refractivity contribution in [2.75, 3.05) is 33.4 Å². The van der Waals surface area contributed by atoms with Gasteiger partial charge < -0.3 is 9.47 Å². The Bertz CT molecular complexity index is 389. The third-order valence-electron chi connectivity index (χ3n) is 3.24. The van der Waals surface area contributed by atoms with Crippen LogP contribution in [0.3, 0.4) is 0 Å². The monoisotopic (exact) mass is 250 g/mol. The molecule has 1 atom stereocenters. The van der Waals surface area contributed by atoms with Crippen LogP contribution in [0.4, 0.5) is 0 Å². The van der Waals surface area contributed by atoms with Gasteiger partial charge in [-0.15, -0.1) is 0 Å². The lowest BCUT2D eigenvalue weighted by Gasteiger charge is -2.31. The molecule has 1 unspecified atom stereocenters. The largest absolute Gasteiger partial charge is 0.496 e. The fourth-order valence-electron chi connectivity index (χ4n) is 2.21. The van der Waals surface area contributed by atoms with Crippen LogP contribution in [0.15, 0.2) is 18.2 Å². The Morgan fingerprint density at radius 2 is 2.06 bits per heavy atom. The fraction of sp³-hybridized carbons (Fsp3) is 0.571. The molecule has 1 aromatic carbocycles. The van der Waals surface area contributed by atoms with Crippen molar-refractivity contribution in [3.05, 3.63) is 29.3 Å². The first-order chi connectivity index (χ1) is 8.70. The van der Waals surface area contributed by atoms with Gasteiger partial charge in [0, 0.05) is 24.7 Å². The Hall–Kier alpha value is -1.10. The number of rotatable bonds is 4. The van der Waals surface area contributed by atoms with Crippen molar-refractivity contribution in [3.63, 3.8) is 0 Å². The van der Waals surface area contributed by atoms with Crippen molar-refractivity contribution in [2.24, 2.45) is 0 Å². The number of methoxy groups -OCH3 is 1. The summed E-state index contributed by atoms with van der Waals surface area (Å²) in [6.45, 7) is 7.68. The Morgan fingerprint density at radius 3 is 2.72 bits per heavy atom. The summed E-state index contributed by atoms with van der Waals surface area (Å²) in [7, 11) is 1.72. The molecule has 1 N–H and O–H groups in total. The molecule has 0 amide bonds. The molecule has 2 rings (SSSR count). The first kappa shape index (κ1) is 13.3. The number of hydrazine groups is 1. The number of ether oxygens (including phenoxy) is 2. The first-order valence-corrected chi connectivity index (χ1v) is 6.44. The minimum absolute atomic E-state index is 0.235. The number of nitrogens with zero attached hydrogens (tertiary/aromatic N) is 1. The maximum atomic E-state index is 5.45. The Balaban J connectivity index is 2.05. The highest BCUT2D eigenvalue weighted by Gasteiger charge is 2.16. The Morgan fingerprint density at radius 1 is 1.33 bits per heavy atom. The van der Waals surface area contributed by atoms with E-state index < -0.39 is 0 Å². The van der Waals surface area contributed by atoms with Gasteiger partial charge in [-0.1, -0.05) is 12.1 Å². The number of hydrogen-bond acceptors (Lipinski definition) is 4. The molecule has 1 heterocycles. The van der Waals surface area contributed by atoms with Crippen LogP contribution in [0.5, 0.6) is 5.75 Å². The van der Waals surface area contributed by atoms with E-state index in [9.17, 15) is 0 Å². The second kappa shape index (κ2) is 6.18. The van der Waals surface area contributed by atoms with Crippen molar-refractivity contribution >= 4 is 0 Å². The standard InChI is InChI=1S/C14H22N2O2/c1-11-4-5-13(14(10-11)17-3)12(2)15-16-6-8-18-9-7-16/h4-5,10,12,15H,6-9H2,1-3H3. The summed E-state index contributed by atoms with van der Waals surface area (Å²) in [5.74, 6) is 0.947. The topological polar surface area (TPSA) is 33.7 Å². The first-order valence-electron chi connectivity index (χ1n) is 6.44. The molecule has 0 saturated carbocycles. The van der Waals surface area contributed by atoms with Crippen LogP contribution in [-0.4, -0.2) is 38.4 Å². The summed E-state index contributed by atoms with van der Waals surface area (Å²) in [4.78, 5) is 0. The molecule has 1 aromatic rings. The normalized spacial score (nSPS) is 18.6. The number of hydrogen-bond donors (Lipinski definition) is 1. The smallest absolute Gasteiger partial charge is 0.123 e. The molecular weight excluding hydrogens is 228 g/mol. The Labute approximate surface area is 109 Å². The van der Waals surface area contributed by atoms with E-state index in [4.69, 9.17) is 9.47 Å². The number of benzene rings is 1. The van der Waals surface area contributed by atoms with Crippen LogP contribution < -0.4 is 10.2 Å². The van der Waals surface area contributed by atoms with Crippen molar-refractivity contribution in [2.45, 2.75) is 19.9 Å². The predicted octanol–water partition coefficient (Wildman–Crippen LogP) is 1.90. The van der Waals surface area contributed by atoms with Gasteiger partial charge in [-0.05, 0) is 25.5 Å². The molecule has 1 saturated heterocycles. The van der Waals surface area contributed by atoms with E-state index >= 15 is 0 Å². The van der Waals surface area contributed by atoms with Crippen LogP contribution in [0, 0.1) is 6.92 Å². The summed E-state index contributed by atoms with van der Waals surface area (Å²) in [6.07, 6.45) is 0. The molecule has 1 aliphatic heterocycles. The quantitative estimate of drug-likeness (QED) is 0.885. The second-order valence-electron chi connectivity index (χ2n) is 4.70. The minimum atomic E-state index is 0.235. The molecule has 4 nitrogen and oxygen atoms in total. The van der Waals surface area contributed by atoms with E-state index in [0.717, 1.165) is 32.1 Å². The summed E-state index contributed by atoms with van der Waals surface area (Å²) in [6, 6.07) is 6.56. The van der Waals surface area contributed by atoms with E-state index in [-0.39, 0.29) is 6.04 Å². The van der Waals surface area contributed by atoms with Gasteiger partial charge in [-0.3, -0.25) is 0 Å². The van der Waals surface area contributed by atoms with Crippen molar-refractivity contribution < 1.29 is 9.47 Å².